The zero-order valence-electron chi connectivity index (χ0n) is 10.2. The first-order valence-electron chi connectivity index (χ1n) is 5.54. The Kier molecular flexibility index (Phi) is 3.97. The van der Waals surface area contributed by atoms with Crippen molar-refractivity contribution in [1.82, 2.24) is 4.98 Å². The van der Waals surface area contributed by atoms with Gasteiger partial charge in [-0.15, -0.1) is 11.6 Å². The van der Waals surface area contributed by atoms with Crippen LogP contribution >= 0.6 is 11.6 Å². The number of halogens is 1. The molecule has 0 saturated heterocycles. The van der Waals surface area contributed by atoms with Crippen LogP contribution in [0.15, 0.2) is 36.5 Å². The third-order valence-corrected chi connectivity index (χ3v) is 2.86. The number of pyridine rings is 1. The molecule has 1 aromatic carbocycles. The minimum atomic E-state index is -0.443. The largest absolute Gasteiger partial charge is 0.438 e. The molecule has 0 N–H and O–H groups in total. The normalized spacial score (nSPS) is 10.2. The van der Waals surface area contributed by atoms with Crippen LogP contribution in [0.25, 0.3) is 0 Å². The van der Waals surface area contributed by atoms with E-state index in [1.54, 1.807) is 25.3 Å². The van der Waals surface area contributed by atoms with Crippen molar-refractivity contribution >= 4 is 17.3 Å². The fourth-order valence-electron chi connectivity index (χ4n) is 1.58. The molecule has 0 radical (unpaired) electrons. The van der Waals surface area contributed by atoms with E-state index in [9.17, 15) is 10.1 Å². The number of nitro benzene ring substituents is 1. The third-order valence-electron chi connectivity index (χ3n) is 2.57. The summed E-state index contributed by atoms with van der Waals surface area (Å²) in [6.07, 6.45) is 1.60. The van der Waals surface area contributed by atoms with Crippen LogP contribution in [-0.4, -0.2) is 9.91 Å². The van der Waals surface area contributed by atoms with Crippen LogP contribution in [0.4, 0.5) is 5.69 Å². The van der Waals surface area contributed by atoms with Crippen LogP contribution < -0.4 is 4.74 Å². The summed E-state index contributed by atoms with van der Waals surface area (Å²) in [6.45, 7) is 1.74. The molecular formula is C13H11ClN2O3. The smallest absolute Gasteiger partial charge is 0.269 e. The number of nitro groups is 1. The van der Waals surface area contributed by atoms with Crippen LogP contribution in [0, 0.1) is 17.0 Å². The van der Waals surface area contributed by atoms with Gasteiger partial charge in [-0.2, -0.15) is 0 Å². The van der Waals surface area contributed by atoms with E-state index in [4.69, 9.17) is 16.3 Å². The average Bonchev–Trinajstić information content (AvgIpc) is 2.41. The maximum atomic E-state index is 10.7. The van der Waals surface area contributed by atoms with Gasteiger partial charge in [0.1, 0.15) is 5.75 Å². The maximum absolute atomic E-state index is 10.7. The Hall–Kier alpha value is -2.14. The highest BCUT2D eigenvalue weighted by Gasteiger charge is 2.11. The summed E-state index contributed by atoms with van der Waals surface area (Å²) in [5.41, 5.74) is 1.46. The summed E-state index contributed by atoms with van der Waals surface area (Å²) in [7, 11) is 0. The van der Waals surface area contributed by atoms with E-state index in [1.165, 1.54) is 12.1 Å². The monoisotopic (exact) mass is 278 g/mol. The van der Waals surface area contributed by atoms with E-state index >= 15 is 0 Å². The quantitative estimate of drug-likeness (QED) is 0.484. The van der Waals surface area contributed by atoms with Crippen molar-refractivity contribution < 1.29 is 9.66 Å². The molecule has 0 unspecified atom stereocenters. The number of aryl methyl sites for hydroxylation is 1. The fraction of sp³-hybridized carbons (Fsp3) is 0.154. The number of nitrogens with zero attached hydrogens (tertiary/aromatic N) is 2. The average molecular weight is 279 g/mol. The topological polar surface area (TPSA) is 65.3 Å². The Morgan fingerprint density at radius 1 is 1.42 bits per heavy atom. The molecule has 6 heteroatoms. The Labute approximate surface area is 115 Å². The van der Waals surface area contributed by atoms with Gasteiger partial charge in [-0.05, 0) is 24.6 Å². The van der Waals surface area contributed by atoms with Crippen LogP contribution in [0.1, 0.15) is 11.1 Å². The van der Waals surface area contributed by atoms with Gasteiger partial charge in [0.2, 0.25) is 5.88 Å². The number of hydrogen-bond donors (Lipinski definition) is 0. The number of non-ortho nitro benzene ring substituents is 1. The number of hydrogen-bond acceptors (Lipinski definition) is 4. The van der Waals surface area contributed by atoms with E-state index in [2.05, 4.69) is 4.98 Å². The highest BCUT2D eigenvalue weighted by Crippen LogP contribution is 2.29. The minimum Gasteiger partial charge on any atom is -0.438 e. The van der Waals surface area contributed by atoms with Gasteiger partial charge < -0.3 is 4.74 Å². The van der Waals surface area contributed by atoms with Crippen LogP contribution in [0.3, 0.4) is 0 Å². The third kappa shape index (κ3) is 3.00. The molecule has 0 aliphatic heterocycles. The maximum Gasteiger partial charge on any atom is 0.269 e. The van der Waals surface area contributed by atoms with E-state index < -0.39 is 4.92 Å². The fourth-order valence-corrected chi connectivity index (χ4v) is 1.79. The highest BCUT2D eigenvalue weighted by molar-refractivity contribution is 6.17. The minimum absolute atomic E-state index is 0.0310. The molecule has 0 aliphatic carbocycles. The van der Waals surface area contributed by atoms with Gasteiger partial charge in [-0.3, -0.25) is 10.1 Å². The van der Waals surface area contributed by atoms with Crippen molar-refractivity contribution in [2.75, 3.05) is 0 Å². The van der Waals surface area contributed by atoms with E-state index in [0.717, 1.165) is 5.56 Å². The molecule has 19 heavy (non-hydrogen) atoms. The second kappa shape index (κ2) is 5.67. The van der Waals surface area contributed by atoms with Crippen molar-refractivity contribution in [2.45, 2.75) is 12.8 Å². The van der Waals surface area contributed by atoms with Gasteiger partial charge in [0.15, 0.2) is 0 Å². The summed E-state index contributed by atoms with van der Waals surface area (Å²) in [5, 5.41) is 10.7. The van der Waals surface area contributed by atoms with Gasteiger partial charge in [-0.25, -0.2) is 4.98 Å². The molecule has 0 fully saturated rings. The molecule has 0 saturated carbocycles. The highest BCUT2D eigenvalue weighted by atomic mass is 35.5. The summed E-state index contributed by atoms with van der Waals surface area (Å²) >= 11 is 5.80. The second-order valence-corrected chi connectivity index (χ2v) is 4.18. The molecule has 5 nitrogen and oxygen atoms in total. The Bertz CT molecular complexity index is 617. The summed E-state index contributed by atoms with van der Waals surface area (Å²) in [5.74, 6) is 1.22. The van der Waals surface area contributed by atoms with Crippen LogP contribution in [0.5, 0.6) is 11.6 Å². The van der Waals surface area contributed by atoms with Crippen molar-refractivity contribution in [3.05, 3.63) is 57.8 Å². The Morgan fingerprint density at radius 2 is 2.21 bits per heavy atom. The van der Waals surface area contributed by atoms with E-state index in [-0.39, 0.29) is 11.6 Å². The lowest BCUT2D eigenvalue weighted by molar-refractivity contribution is -0.384. The Morgan fingerprint density at radius 3 is 2.84 bits per heavy atom. The number of benzene rings is 1. The standard InChI is InChI=1S/C13H11ClN2O3/c1-9-7-11(16(17)18)4-5-12(9)19-13-10(8-14)3-2-6-15-13/h2-7H,8H2,1H3. The second-order valence-electron chi connectivity index (χ2n) is 3.91. The predicted molar refractivity (Wildman–Crippen MR) is 71.7 cm³/mol. The van der Waals surface area contributed by atoms with E-state index in [1.807, 2.05) is 6.07 Å². The molecule has 0 bridgehead atoms. The first kappa shape index (κ1) is 13.3. The predicted octanol–water partition coefficient (Wildman–Crippen LogP) is 3.83. The molecule has 1 aromatic heterocycles. The summed E-state index contributed by atoms with van der Waals surface area (Å²) in [6, 6.07) is 7.99. The van der Waals surface area contributed by atoms with Crippen molar-refractivity contribution in [3.63, 3.8) is 0 Å². The van der Waals surface area contributed by atoms with Crippen molar-refractivity contribution in [1.29, 1.82) is 0 Å². The Balaban J connectivity index is 2.31. The van der Waals surface area contributed by atoms with Crippen LogP contribution in [0.2, 0.25) is 0 Å². The molecule has 0 atom stereocenters. The molecule has 1 heterocycles. The lowest BCUT2D eigenvalue weighted by Crippen LogP contribution is -1.95. The first-order valence-corrected chi connectivity index (χ1v) is 6.08. The van der Waals surface area contributed by atoms with Gasteiger partial charge in [-0.1, -0.05) is 6.07 Å². The van der Waals surface area contributed by atoms with Crippen molar-refractivity contribution in [3.8, 4) is 11.6 Å². The van der Waals surface area contributed by atoms with Crippen LogP contribution in [-0.2, 0) is 5.88 Å². The first-order chi connectivity index (χ1) is 9.11. The van der Waals surface area contributed by atoms with Gasteiger partial charge in [0, 0.05) is 23.9 Å². The number of rotatable bonds is 4. The molecule has 2 rings (SSSR count). The van der Waals surface area contributed by atoms with Gasteiger partial charge in [0.25, 0.3) is 5.69 Å². The molecular weight excluding hydrogens is 268 g/mol. The van der Waals surface area contributed by atoms with Gasteiger partial charge >= 0.3 is 0 Å². The summed E-state index contributed by atoms with van der Waals surface area (Å²) in [4.78, 5) is 14.3. The molecule has 0 spiro atoms. The molecule has 0 aliphatic rings. The zero-order valence-corrected chi connectivity index (χ0v) is 10.9. The molecule has 0 amide bonds. The lowest BCUT2D eigenvalue weighted by Gasteiger charge is -2.09. The SMILES string of the molecule is Cc1cc([N+](=O)[O-])ccc1Oc1ncccc1CCl. The number of aromatic nitrogens is 1. The van der Waals surface area contributed by atoms with E-state index in [0.29, 0.717) is 17.2 Å². The summed E-state index contributed by atoms with van der Waals surface area (Å²) < 4.78 is 5.65. The lowest BCUT2D eigenvalue weighted by atomic mass is 10.2. The number of ether oxygens (including phenoxy) is 1. The van der Waals surface area contributed by atoms with Gasteiger partial charge in [0.05, 0.1) is 10.8 Å². The van der Waals surface area contributed by atoms with Crippen molar-refractivity contribution in [2.24, 2.45) is 0 Å². The zero-order chi connectivity index (χ0) is 13.8. The molecule has 2 aromatic rings. The number of alkyl halides is 1. The molecule has 98 valence electrons.